The average Bonchev–Trinajstić information content (AvgIpc) is 3.23. The standard InChI is InChI=1S/C27H30N4O4S/c1-16(2)12-24-30-31-25(28)20(26(32)29-27(31)36-24)14-19-8-9-21(23(15-19)33-5)34-10-11-35-22-13-17(3)6-7-18(22)4/h6-9,13-16,28H,10-12H2,1-5H3/b20-14+,28-25?. The molecular formula is C27H30N4O4S. The molecule has 0 saturated carbocycles. The van der Waals surface area contributed by atoms with E-state index in [-0.39, 0.29) is 11.4 Å². The molecule has 8 nitrogen and oxygen atoms in total. The van der Waals surface area contributed by atoms with Crippen LogP contribution in [-0.4, -0.2) is 47.3 Å². The molecule has 0 fully saturated rings. The summed E-state index contributed by atoms with van der Waals surface area (Å²) in [7, 11) is 1.56. The van der Waals surface area contributed by atoms with Crippen molar-refractivity contribution in [2.24, 2.45) is 16.0 Å². The van der Waals surface area contributed by atoms with Crippen molar-refractivity contribution in [3.8, 4) is 17.2 Å². The minimum Gasteiger partial charge on any atom is -0.493 e. The first kappa shape index (κ1) is 25.5. The Labute approximate surface area is 215 Å². The van der Waals surface area contributed by atoms with E-state index in [1.54, 1.807) is 25.3 Å². The molecule has 2 aliphatic heterocycles. The molecule has 0 spiro atoms. The van der Waals surface area contributed by atoms with Crippen LogP contribution in [-0.2, 0) is 4.79 Å². The number of amides is 1. The molecule has 2 aromatic rings. The highest BCUT2D eigenvalue weighted by molar-refractivity contribution is 8.26. The number of ether oxygens (including phenoxy) is 3. The third-order valence-corrected chi connectivity index (χ3v) is 6.45. The Morgan fingerprint density at radius 3 is 2.53 bits per heavy atom. The smallest absolute Gasteiger partial charge is 0.283 e. The lowest BCUT2D eigenvalue weighted by Crippen LogP contribution is -2.35. The van der Waals surface area contributed by atoms with Crippen molar-refractivity contribution >= 4 is 39.8 Å². The van der Waals surface area contributed by atoms with Gasteiger partial charge in [0.15, 0.2) is 17.3 Å². The summed E-state index contributed by atoms with van der Waals surface area (Å²) < 4.78 is 17.2. The second-order valence-electron chi connectivity index (χ2n) is 8.99. The fourth-order valence-corrected chi connectivity index (χ4v) is 4.79. The second-order valence-corrected chi connectivity index (χ2v) is 10.0. The third kappa shape index (κ3) is 5.79. The van der Waals surface area contributed by atoms with Crippen LogP contribution in [0.1, 0.15) is 37.0 Å². The Morgan fingerprint density at radius 1 is 1.06 bits per heavy atom. The average molecular weight is 507 g/mol. The quantitative estimate of drug-likeness (QED) is 0.360. The zero-order valence-electron chi connectivity index (χ0n) is 21.1. The van der Waals surface area contributed by atoms with Crippen molar-refractivity contribution < 1.29 is 19.0 Å². The van der Waals surface area contributed by atoms with Gasteiger partial charge in [0.2, 0.25) is 5.17 Å². The molecule has 0 aliphatic carbocycles. The monoisotopic (exact) mass is 506 g/mol. The van der Waals surface area contributed by atoms with Crippen LogP contribution in [0.3, 0.4) is 0 Å². The van der Waals surface area contributed by atoms with Crippen molar-refractivity contribution in [2.45, 2.75) is 34.1 Å². The van der Waals surface area contributed by atoms with E-state index in [1.165, 1.54) is 16.8 Å². The van der Waals surface area contributed by atoms with Gasteiger partial charge in [-0.05, 0) is 72.5 Å². The van der Waals surface area contributed by atoms with Crippen LogP contribution in [0.15, 0.2) is 52.1 Å². The molecule has 2 aliphatic rings. The van der Waals surface area contributed by atoms with Crippen LogP contribution in [0.4, 0.5) is 0 Å². The van der Waals surface area contributed by atoms with Gasteiger partial charge in [0.1, 0.15) is 24.0 Å². The number of amidine groups is 2. The van der Waals surface area contributed by atoms with E-state index in [0.717, 1.165) is 28.3 Å². The molecule has 2 aromatic carbocycles. The first-order chi connectivity index (χ1) is 17.2. The van der Waals surface area contributed by atoms with Gasteiger partial charge in [0, 0.05) is 6.42 Å². The number of carbonyl (C=O) groups excluding carboxylic acids is 1. The second kappa shape index (κ2) is 11.0. The van der Waals surface area contributed by atoms with Crippen LogP contribution in [0, 0.1) is 25.2 Å². The van der Waals surface area contributed by atoms with Crippen LogP contribution in [0.25, 0.3) is 6.08 Å². The number of thioether (sulfide) groups is 1. The molecule has 0 unspecified atom stereocenters. The molecule has 1 amide bonds. The maximum absolute atomic E-state index is 12.7. The van der Waals surface area contributed by atoms with Gasteiger partial charge in [-0.25, -0.2) is 0 Å². The van der Waals surface area contributed by atoms with Crippen LogP contribution in [0.2, 0.25) is 0 Å². The zero-order chi connectivity index (χ0) is 25.8. The summed E-state index contributed by atoms with van der Waals surface area (Å²) in [4.78, 5) is 16.8. The number of methoxy groups -OCH3 is 1. The number of hydrazone groups is 1. The maximum atomic E-state index is 12.7. The van der Waals surface area contributed by atoms with E-state index in [0.29, 0.717) is 41.4 Å². The first-order valence-electron chi connectivity index (χ1n) is 11.7. The fraction of sp³-hybridized carbons (Fsp3) is 0.333. The Kier molecular flexibility index (Phi) is 7.79. The predicted octanol–water partition coefficient (Wildman–Crippen LogP) is 5.44. The number of nitrogens with one attached hydrogen (secondary N) is 1. The number of hydrogen-bond acceptors (Lipinski definition) is 7. The van der Waals surface area contributed by atoms with Gasteiger partial charge in [0.05, 0.1) is 12.7 Å². The summed E-state index contributed by atoms with van der Waals surface area (Å²) >= 11 is 1.35. The largest absolute Gasteiger partial charge is 0.493 e. The summed E-state index contributed by atoms with van der Waals surface area (Å²) in [5, 5.41) is 15.7. The molecule has 0 saturated heterocycles. The van der Waals surface area contributed by atoms with E-state index < -0.39 is 5.91 Å². The van der Waals surface area contributed by atoms with Crippen molar-refractivity contribution in [3.05, 3.63) is 58.7 Å². The molecule has 0 aromatic heterocycles. The van der Waals surface area contributed by atoms with Crippen LogP contribution in [0.5, 0.6) is 17.2 Å². The molecule has 1 N–H and O–H groups in total. The van der Waals surface area contributed by atoms with Gasteiger partial charge < -0.3 is 14.2 Å². The lowest BCUT2D eigenvalue weighted by molar-refractivity contribution is -0.114. The van der Waals surface area contributed by atoms with Gasteiger partial charge in [-0.1, -0.05) is 32.0 Å². The van der Waals surface area contributed by atoms with E-state index in [4.69, 9.17) is 19.6 Å². The normalized spacial score (nSPS) is 16.3. The van der Waals surface area contributed by atoms with E-state index >= 15 is 0 Å². The number of aryl methyl sites for hydroxylation is 2. The number of benzene rings is 2. The van der Waals surface area contributed by atoms with Crippen molar-refractivity contribution in [1.82, 2.24) is 5.01 Å². The molecule has 2 heterocycles. The van der Waals surface area contributed by atoms with Crippen LogP contribution >= 0.6 is 11.8 Å². The number of nitrogens with zero attached hydrogens (tertiary/aromatic N) is 3. The molecule has 36 heavy (non-hydrogen) atoms. The fourth-order valence-electron chi connectivity index (χ4n) is 3.69. The number of fused-ring (bicyclic) bond motifs is 1. The summed E-state index contributed by atoms with van der Waals surface area (Å²) in [6.07, 6.45) is 2.40. The summed E-state index contributed by atoms with van der Waals surface area (Å²) in [6.45, 7) is 8.96. The topological polar surface area (TPSA) is 96.6 Å². The molecule has 188 valence electrons. The van der Waals surface area contributed by atoms with Gasteiger partial charge in [0.25, 0.3) is 5.91 Å². The van der Waals surface area contributed by atoms with Gasteiger partial charge in [-0.15, -0.1) is 0 Å². The SMILES string of the molecule is COc1cc(/C=C2\C(=N)N3N=C(CC(C)C)SC3=NC2=O)ccc1OCCOc1cc(C)ccc1C. The van der Waals surface area contributed by atoms with Crippen molar-refractivity contribution in [2.75, 3.05) is 20.3 Å². The summed E-state index contributed by atoms with van der Waals surface area (Å²) in [6, 6.07) is 11.4. The number of hydrogen-bond donors (Lipinski definition) is 1. The molecule has 4 rings (SSSR count). The van der Waals surface area contributed by atoms with E-state index in [2.05, 4.69) is 30.0 Å². The van der Waals surface area contributed by atoms with E-state index in [9.17, 15) is 4.79 Å². The zero-order valence-corrected chi connectivity index (χ0v) is 21.9. The Balaban J connectivity index is 1.44. The van der Waals surface area contributed by atoms with Crippen molar-refractivity contribution in [1.29, 1.82) is 5.41 Å². The Morgan fingerprint density at radius 2 is 1.81 bits per heavy atom. The Hall–Kier alpha value is -3.59. The molecule has 0 bridgehead atoms. The first-order valence-corrected chi connectivity index (χ1v) is 12.6. The minimum atomic E-state index is -0.456. The third-order valence-electron chi connectivity index (χ3n) is 5.52. The predicted molar refractivity (Wildman–Crippen MR) is 144 cm³/mol. The number of aliphatic imine (C=N–C) groups is 1. The van der Waals surface area contributed by atoms with Crippen LogP contribution < -0.4 is 14.2 Å². The lowest BCUT2D eigenvalue weighted by Gasteiger charge is -2.20. The molecule has 0 atom stereocenters. The van der Waals surface area contributed by atoms with E-state index in [1.807, 2.05) is 32.0 Å². The minimum absolute atomic E-state index is 0.0131. The van der Waals surface area contributed by atoms with Gasteiger partial charge in [-0.3, -0.25) is 10.2 Å². The summed E-state index contributed by atoms with van der Waals surface area (Å²) in [5.41, 5.74) is 3.08. The molecular weight excluding hydrogens is 476 g/mol. The Bertz CT molecular complexity index is 1280. The summed E-state index contributed by atoms with van der Waals surface area (Å²) in [5.74, 6) is 1.90. The highest BCUT2D eigenvalue weighted by Crippen LogP contribution is 2.32. The highest BCUT2D eigenvalue weighted by Gasteiger charge is 2.35. The molecule has 9 heteroatoms. The number of carbonyl (C=O) groups is 1. The van der Waals surface area contributed by atoms with Crippen molar-refractivity contribution in [3.63, 3.8) is 0 Å². The van der Waals surface area contributed by atoms with Gasteiger partial charge >= 0.3 is 0 Å². The lowest BCUT2D eigenvalue weighted by atomic mass is 10.1. The number of rotatable bonds is 9. The van der Waals surface area contributed by atoms with Gasteiger partial charge in [-0.2, -0.15) is 15.1 Å². The molecule has 0 radical (unpaired) electrons. The maximum Gasteiger partial charge on any atom is 0.283 e. The highest BCUT2D eigenvalue weighted by atomic mass is 32.2.